The van der Waals surface area contributed by atoms with Gasteiger partial charge in [0.25, 0.3) is 0 Å². The van der Waals surface area contributed by atoms with Gasteiger partial charge in [0.2, 0.25) is 0 Å². The summed E-state index contributed by atoms with van der Waals surface area (Å²) in [5.74, 6) is -0.727. The lowest BCUT2D eigenvalue weighted by molar-refractivity contribution is -0.144. The summed E-state index contributed by atoms with van der Waals surface area (Å²) in [6, 6.07) is -0.352. The predicted octanol–water partition coefficient (Wildman–Crippen LogP) is 2.24. The van der Waals surface area contributed by atoms with Gasteiger partial charge in [0, 0.05) is 17.6 Å². The van der Waals surface area contributed by atoms with Gasteiger partial charge < -0.3 is 5.11 Å². The van der Waals surface area contributed by atoms with Crippen LogP contribution in [0.15, 0.2) is 6.20 Å². The molecule has 1 fully saturated rings. The highest BCUT2D eigenvalue weighted by molar-refractivity contribution is 7.15. The summed E-state index contributed by atoms with van der Waals surface area (Å²) in [7, 11) is 0. The van der Waals surface area contributed by atoms with Crippen molar-refractivity contribution in [3.8, 4) is 0 Å². The van der Waals surface area contributed by atoms with Crippen molar-refractivity contribution >= 4 is 28.9 Å². The van der Waals surface area contributed by atoms with Crippen LogP contribution in [-0.2, 0) is 11.3 Å². The van der Waals surface area contributed by atoms with Crippen molar-refractivity contribution < 1.29 is 9.90 Å². The highest BCUT2D eigenvalue weighted by Crippen LogP contribution is 2.24. The lowest BCUT2D eigenvalue weighted by Gasteiger charge is -2.32. The number of thiazole rings is 1. The topological polar surface area (TPSA) is 53.4 Å². The van der Waals surface area contributed by atoms with E-state index in [0.29, 0.717) is 11.0 Å². The molecule has 1 atom stereocenters. The van der Waals surface area contributed by atoms with Gasteiger partial charge in [-0.25, -0.2) is 4.98 Å². The van der Waals surface area contributed by atoms with E-state index in [1.165, 1.54) is 11.3 Å². The molecule has 0 bridgehead atoms. The number of likely N-dealkylation sites (tertiary alicyclic amines) is 1. The van der Waals surface area contributed by atoms with Crippen molar-refractivity contribution in [2.45, 2.75) is 31.8 Å². The molecule has 0 unspecified atom stereocenters. The minimum absolute atomic E-state index is 0.352. The molecule has 1 aliphatic heterocycles. The number of rotatable bonds is 3. The quantitative estimate of drug-likeness (QED) is 0.906. The van der Waals surface area contributed by atoms with Crippen LogP contribution in [-0.4, -0.2) is 33.5 Å². The number of hydrogen-bond donors (Lipinski definition) is 1. The van der Waals surface area contributed by atoms with E-state index in [1.54, 1.807) is 6.20 Å². The van der Waals surface area contributed by atoms with Gasteiger partial charge in [-0.1, -0.05) is 18.0 Å². The molecule has 0 amide bonds. The number of piperidine rings is 1. The number of carboxylic acids is 1. The van der Waals surface area contributed by atoms with Crippen LogP contribution < -0.4 is 0 Å². The highest BCUT2D eigenvalue weighted by Gasteiger charge is 2.28. The van der Waals surface area contributed by atoms with E-state index < -0.39 is 5.97 Å². The van der Waals surface area contributed by atoms with E-state index in [2.05, 4.69) is 4.98 Å². The molecule has 6 heteroatoms. The number of hydrogen-bond acceptors (Lipinski definition) is 4. The number of carboxylic acid groups (broad SMARTS) is 1. The minimum Gasteiger partial charge on any atom is -0.480 e. The van der Waals surface area contributed by atoms with E-state index in [9.17, 15) is 4.79 Å². The molecule has 0 spiro atoms. The third-order valence-corrected chi connectivity index (χ3v) is 3.88. The Morgan fingerprint density at radius 3 is 3.12 bits per heavy atom. The molecule has 0 aliphatic carbocycles. The second-order valence-corrected chi connectivity index (χ2v) is 5.60. The fraction of sp³-hybridized carbons (Fsp3) is 0.600. The Labute approximate surface area is 103 Å². The Balaban J connectivity index is 2.03. The maximum Gasteiger partial charge on any atom is 0.320 e. The monoisotopic (exact) mass is 260 g/mol. The van der Waals surface area contributed by atoms with Crippen molar-refractivity contribution in [2.75, 3.05) is 6.54 Å². The van der Waals surface area contributed by atoms with E-state index in [0.717, 1.165) is 30.7 Å². The Bertz CT molecular complexity index is 383. The van der Waals surface area contributed by atoms with Gasteiger partial charge in [0.15, 0.2) is 4.47 Å². The molecular formula is C10H13ClN2O2S. The molecule has 1 N–H and O–H groups in total. The fourth-order valence-electron chi connectivity index (χ4n) is 2.02. The van der Waals surface area contributed by atoms with Gasteiger partial charge in [0.1, 0.15) is 6.04 Å². The molecule has 2 heterocycles. The van der Waals surface area contributed by atoms with Crippen LogP contribution in [0.1, 0.15) is 24.1 Å². The average molecular weight is 261 g/mol. The zero-order valence-corrected chi connectivity index (χ0v) is 10.3. The number of carbonyl (C=O) groups is 1. The van der Waals surface area contributed by atoms with Crippen LogP contribution in [0.2, 0.25) is 4.47 Å². The number of halogens is 1. The zero-order chi connectivity index (χ0) is 11.5. The SMILES string of the molecule is O=C(O)[C@H]1CCCCN1Cc1cnc(Cl)s1. The molecule has 0 radical (unpaired) electrons. The zero-order valence-electron chi connectivity index (χ0n) is 8.73. The van der Waals surface area contributed by atoms with Gasteiger partial charge in [-0.2, -0.15) is 0 Å². The van der Waals surface area contributed by atoms with Crippen molar-refractivity contribution in [1.29, 1.82) is 0 Å². The van der Waals surface area contributed by atoms with Crippen LogP contribution in [0.25, 0.3) is 0 Å². The largest absolute Gasteiger partial charge is 0.480 e. The van der Waals surface area contributed by atoms with Crippen molar-refractivity contribution in [1.82, 2.24) is 9.88 Å². The van der Waals surface area contributed by atoms with E-state index >= 15 is 0 Å². The maximum atomic E-state index is 11.1. The summed E-state index contributed by atoms with van der Waals surface area (Å²) in [5, 5.41) is 9.11. The lowest BCUT2D eigenvalue weighted by Crippen LogP contribution is -2.43. The summed E-state index contributed by atoms with van der Waals surface area (Å²) in [6.45, 7) is 1.48. The Kier molecular flexibility index (Phi) is 3.78. The van der Waals surface area contributed by atoms with Crippen LogP contribution >= 0.6 is 22.9 Å². The molecule has 0 aromatic carbocycles. The second kappa shape index (κ2) is 5.12. The molecular weight excluding hydrogens is 248 g/mol. The summed E-state index contributed by atoms with van der Waals surface area (Å²) in [6.07, 6.45) is 4.52. The highest BCUT2D eigenvalue weighted by atomic mass is 35.5. The summed E-state index contributed by atoms with van der Waals surface area (Å²) in [4.78, 5) is 18.1. The summed E-state index contributed by atoms with van der Waals surface area (Å²) in [5.41, 5.74) is 0. The number of aliphatic carboxylic acids is 1. The van der Waals surface area contributed by atoms with Crippen LogP contribution in [0, 0.1) is 0 Å². The van der Waals surface area contributed by atoms with Crippen molar-refractivity contribution in [3.63, 3.8) is 0 Å². The summed E-state index contributed by atoms with van der Waals surface area (Å²) >= 11 is 7.16. The van der Waals surface area contributed by atoms with E-state index in [1.807, 2.05) is 4.90 Å². The molecule has 1 saturated heterocycles. The molecule has 1 aliphatic rings. The molecule has 16 heavy (non-hydrogen) atoms. The fourth-order valence-corrected chi connectivity index (χ4v) is 3.02. The van der Waals surface area contributed by atoms with Crippen molar-refractivity contribution in [2.24, 2.45) is 0 Å². The van der Waals surface area contributed by atoms with Gasteiger partial charge in [-0.3, -0.25) is 9.69 Å². The van der Waals surface area contributed by atoms with Crippen LogP contribution in [0.5, 0.6) is 0 Å². The standard InChI is InChI=1S/C10H13ClN2O2S/c11-10-12-5-7(16-10)6-13-4-2-1-3-8(13)9(14)15/h5,8H,1-4,6H2,(H,14,15)/t8-/m1/s1. The normalized spacial score (nSPS) is 22.2. The first kappa shape index (κ1) is 11.8. The van der Waals surface area contributed by atoms with Crippen LogP contribution in [0.3, 0.4) is 0 Å². The molecule has 2 rings (SSSR count). The molecule has 1 aromatic heterocycles. The third-order valence-electron chi connectivity index (χ3n) is 2.78. The lowest BCUT2D eigenvalue weighted by atomic mass is 10.0. The van der Waals surface area contributed by atoms with E-state index in [-0.39, 0.29) is 6.04 Å². The molecule has 4 nitrogen and oxygen atoms in total. The Hall–Kier alpha value is -0.650. The van der Waals surface area contributed by atoms with Gasteiger partial charge >= 0.3 is 5.97 Å². The Morgan fingerprint density at radius 1 is 1.69 bits per heavy atom. The average Bonchev–Trinajstić information content (AvgIpc) is 2.64. The predicted molar refractivity (Wildman–Crippen MR) is 62.8 cm³/mol. The Morgan fingerprint density at radius 2 is 2.50 bits per heavy atom. The van der Waals surface area contributed by atoms with Gasteiger partial charge in [0.05, 0.1) is 0 Å². The van der Waals surface area contributed by atoms with Gasteiger partial charge in [-0.05, 0) is 19.4 Å². The number of aromatic nitrogens is 1. The van der Waals surface area contributed by atoms with E-state index in [4.69, 9.17) is 16.7 Å². The smallest absolute Gasteiger partial charge is 0.320 e. The van der Waals surface area contributed by atoms with Gasteiger partial charge in [-0.15, -0.1) is 11.3 Å². The van der Waals surface area contributed by atoms with Crippen molar-refractivity contribution in [3.05, 3.63) is 15.5 Å². The number of nitrogens with zero attached hydrogens (tertiary/aromatic N) is 2. The first-order valence-corrected chi connectivity index (χ1v) is 6.43. The summed E-state index contributed by atoms with van der Waals surface area (Å²) < 4.78 is 0.513. The minimum atomic E-state index is -0.727. The molecule has 0 saturated carbocycles. The first-order valence-electron chi connectivity index (χ1n) is 5.24. The third kappa shape index (κ3) is 2.72. The first-order chi connectivity index (χ1) is 7.66. The second-order valence-electron chi connectivity index (χ2n) is 3.90. The maximum absolute atomic E-state index is 11.1. The van der Waals surface area contributed by atoms with Crippen LogP contribution in [0.4, 0.5) is 0 Å². The molecule has 88 valence electrons. The molecule has 1 aromatic rings.